The van der Waals surface area contributed by atoms with Gasteiger partial charge in [0.05, 0.1) is 0 Å². The first kappa shape index (κ1) is 23.8. The topological polar surface area (TPSA) is 99.2 Å². The van der Waals surface area contributed by atoms with Crippen LogP contribution in [-0.4, -0.2) is 78.8 Å². The summed E-state index contributed by atoms with van der Waals surface area (Å²) in [6, 6.07) is 14.4. The predicted octanol–water partition coefficient (Wildman–Crippen LogP) is 2.78. The van der Waals surface area contributed by atoms with Crippen LogP contribution in [0.4, 0.5) is 4.79 Å². The Hall–Kier alpha value is -3.39. The van der Waals surface area contributed by atoms with E-state index in [1.807, 2.05) is 43.3 Å². The molecule has 1 saturated heterocycles. The molecule has 0 radical (unpaired) electrons. The molecule has 34 heavy (non-hydrogen) atoms. The zero-order valence-corrected chi connectivity index (χ0v) is 19.7. The molecule has 2 aromatic rings. The zero-order valence-electron chi connectivity index (χ0n) is 19.7. The Labute approximate surface area is 199 Å². The predicted molar refractivity (Wildman–Crippen MR) is 127 cm³/mol. The van der Waals surface area contributed by atoms with Crippen molar-refractivity contribution < 1.29 is 24.2 Å². The number of alkyl carbamates (subject to hydrolysis) is 1. The lowest BCUT2D eigenvalue weighted by Gasteiger charge is -2.29. The van der Waals surface area contributed by atoms with Crippen molar-refractivity contribution in [1.29, 1.82) is 0 Å². The minimum atomic E-state index is -1.02. The third-order valence-electron chi connectivity index (χ3n) is 6.72. The first-order valence-electron chi connectivity index (χ1n) is 11.6. The van der Waals surface area contributed by atoms with E-state index < -0.39 is 30.1 Å². The first-order chi connectivity index (χ1) is 16.3. The van der Waals surface area contributed by atoms with Crippen molar-refractivity contribution in [3.05, 3.63) is 59.7 Å². The van der Waals surface area contributed by atoms with Crippen LogP contribution in [0.15, 0.2) is 48.5 Å². The molecule has 2 aromatic carbocycles. The first-order valence-corrected chi connectivity index (χ1v) is 11.6. The summed E-state index contributed by atoms with van der Waals surface area (Å²) < 4.78 is 5.60. The smallest absolute Gasteiger partial charge is 0.407 e. The van der Waals surface area contributed by atoms with Crippen LogP contribution in [0.3, 0.4) is 0 Å². The molecule has 180 valence electrons. The van der Waals surface area contributed by atoms with Gasteiger partial charge >= 0.3 is 12.1 Å². The fourth-order valence-corrected chi connectivity index (χ4v) is 5.10. The van der Waals surface area contributed by atoms with Gasteiger partial charge in [0.15, 0.2) is 0 Å². The van der Waals surface area contributed by atoms with Crippen molar-refractivity contribution in [2.45, 2.75) is 31.3 Å². The van der Waals surface area contributed by atoms with Crippen molar-refractivity contribution in [3.63, 3.8) is 0 Å². The number of hydrogen-bond acceptors (Lipinski definition) is 5. The maximum absolute atomic E-state index is 13.2. The fraction of sp³-hybridized carbons (Fsp3) is 0.423. The van der Waals surface area contributed by atoms with Crippen LogP contribution in [0.25, 0.3) is 11.1 Å². The number of likely N-dealkylation sites (N-methyl/N-ethyl adjacent to an activating group) is 1. The van der Waals surface area contributed by atoms with Crippen LogP contribution in [0, 0.1) is 5.92 Å². The van der Waals surface area contributed by atoms with Crippen molar-refractivity contribution in [2.75, 3.05) is 33.8 Å². The highest BCUT2D eigenvalue weighted by atomic mass is 16.5. The molecule has 0 saturated carbocycles. The normalized spacial score (nSPS) is 20.1. The molecule has 1 aliphatic heterocycles. The second kappa shape index (κ2) is 9.85. The lowest BCUT2D eigenvalue weighted by Crippen LogP contribution is -2.55. The maximum Gasteiger partial charge on any atom is 0.407 e. The number of nitrogens with zero attached hydrogens (tertiary/aromatic N) is 2. The summed E-state index contributed by atoms with van der Waals surface area (Å²) >= 11 is 0. The van der Waals surface area contributed by atoms with Crippen LogP contribution in [0.5, 0.6) is 0 Å². The third-order valence-corrected chi connectivity index (χ3v) is 6.72. The van der Waals surface area contributed by atoms with Crippen molar-refractivity contribution in [1.82, 2.24) is 15.1 Å². The molecule has 2 aliphatic rings. The number of carboxylic acids is 1. The number of benzene rings is 2. The molecule has 3 atom stereocenters. The number of carbonyl (C=O) groups is 3. The lowest BCUT2D eigenvalue weighted by atomic mass is 9.98. The molecule has 4 rings (SSSR count). The minimum absolute atomic E-state index is 0.0861. The van der Waals surface area contributed by atoms with Crippen LogP contribution in [-0.2, 0) is 14.3 Å². The van der Waals surface area contributed by atoms with Crippen LogP contribution in [0.2, 0.25) is 0 Å². The molecule has 0 aromatic heterocycles. The molecule has 8 nitrogen and oxygen atoms in total. The summed E-state index contributed by atoms with van der Waals surface area (Å²) in [5, 5.41) is 12.3. The fourth-order valence-electron chi connectivity index (χ4n) is 5.10. The number of carboxylic acid groups (broad SMARTS) is 1. The highest BCUT2D eigenvalue weighted by Crippen LogP contribution is 2.44. The number of ether oxygens (including phenoxy) is 1. The molecule has 0 bridgehead atoms. The Kier molecular flexibility index (Phi) is 6.88. The van der Waals surface area contributed by atoms with E-state index in [9.17, 15) is 19.5 Å². The van der Waals surface area contributed by atoms with Gasteiger partial charge in [0, 0.05) is 19.0 Å². The number of carbonyl (C=O) groups excluding carboxylic acids is 2. The second-order valence-electron chi connectivity index (χ2n) is 9.37. The molecule has 2 amide bonds. The van der Waals surface area contributed by atoms with Gasteiger partial charge in [-0.15, -0.1) is 0 Å². The van der Waals surface area contributed by atoms with Gasteiger partial charge in [-0.05, 0) is 48.7 Å². The molecule has 1 heterocycles. The SMILES string of the molecule is CC1CCN(C(=O)C(CN(C)C)NC(=O)OCC2c3ccccc3-c3ccccc32)C1C(=O)O. The Balaban J connectivity index is 1.45. The molecule has 8 heteroatoms. The van der Waals surface area contributed by atoms with E-state index in [4.69, 9.17) is 4.74 Å². The summed E-state index contributed by atoms with van der Waals surface area (Å²) in [5.74, 6) is -1.66. The number of nitrogens with one attached hydrogen (secondary N) is 1. The highest BCUT2D eigenvalue weighted by molar-refractivity contribution is 5.90. The molecular weight excluding hydrogens is 434 g/mol. The standard InChI is InChI=1S/C26H31N3O5/c1-16-12-13-29(23(16)25(31)32)24(30)22(14-28(2)3)27-26(33)34-15-21-19-10-6-4-8-17(19)18-9-5-7-11-20(18)21/h4-11,16,21-23H,12-15H2,1-3H3,(H,27,33)(H,31,32). The number of rotatable bonds is 7. The van der Waals surface area contributed by atoms with E-state index in [1.165, 1.54) is 4.90 Å². The molecule has 2 N–H and O–H groups in total. The Morgan fingerprint density at radius 1 is 1.09 bits per heavy atom. The van der Waals surface area contributed by atoms with Crippen molar-refractivity contribution in [3.8, 4) is 11.1 Å². The Bertz CT molecular complexity index is 1040. The van der Waals surface area contributed by atoms with Crippen LogP contribution >= 0.6 is 0 Å². The van der Waals surface area contributed by atoms with Gasteiger partial charge in [0.25, 0.3) is 0 Å². The van der Waals surface area contributed by atoms with Gasteiger partial charge in [-0.2, -0.15) is 0 Å². The van der Waals surface area contributed by atoms with Crippen molar-refractivity contribution in [2.24, 2.45) is 5.92 Å². The largest absolute Gasteiger partial charge is 0.480 e. The third kappa shape index (κ3) is 4.63. The van der Waals surface area contributed by atoms with E-state index in [2.05, 4.69) is 17.4 Å². The number of likely N-dealkylation sites (tertiary alicyclic amines) is 1. The maximum atomic E-state index is 13.2. The Morgan fingerprint density at radius 3 is 2.24 bits per heavy atom. The summed E-state index contributed by atoms with van der Waals surface area (Å²) in [6.07, 6.45) is -0.0799. The summed E-state index contributed by atoms with van der Waals surface area (Å²) in [7, 11) is 3.59. The van der Waals surface area contributed by atoms with Crippen LogP contribution in [0.1, 0.15) is 30.4 Å². The van der Waals surface area contributed by atoms with Crippen molar-refractivity contribution >= 4 is 18.0 Å². The average molecular weight is 466 g/mol. The monoisotopic (exact) mass is 465 g/mol. The lowest BCUT2D eigenvalue weighted by molar-refractivity contribution is -0.150. The van der Waals surface area contributed by atoms with Gasteiger partial charge < -0.3 is 25.0 Å². The van der Waals surface area contributed by atoms with E-state index in [-0.39, 0.29) is 25.0 Å². The van der Waals surface area contributed by atoms with Gasteiger partial charge in [-0.25, -0.2) is 9.59 Å². The number of hydrogen-bond donors (Lipinski definition) is 2. The minimum Gasteiger partial charge on any atom is -0.480 e. The molecule has 0 spiro atoms. The van der Waals surface area contributed by atoms with E-state index in [0.717, 1.165) is 22.3 Å². The van der Waals surface area contributed by atoms with Gasteiger partial charge in [0.1, 0.15) is 18.7 Å². The highest BCUT2D eigenvalue weighted by Gasteiger charge is 2.42. The zero-order chi connectivity index (χ0) is 24.4. The number of fused-ring (bicyclic) bond motifs is 3. The van der Waals surface area contributed by atoms with Gasteiger partial charge in [0.2, 0.25) is 5.91 Å². The van der Waals surface area contributed by atoms with E-state index in [1.54, 1.807) is 19.0 Å². The number of amides is 2. The number of aliphatic carboxylic acids is 1. The average Bonchev–Trinajstić information content (AvgIpc) is 3.34. The summed E-state index contributed by atoms with van der Waals surface area (Å²) in [5.41, 5.74) is 4.48. The summed E-state index contributed by atoms with van der Waals surface area (Å²) in [4.78, 5) is 40.9. The molecule has 3 unspecified atom stereocenters. The van der Waals surface area contributed by atoms with E-state index in [0.29, 0.717) is 13.0 Å². The molecular formula is C26H31N3O5. The Morgan fingerprint density at radius 2 is 1.68 bits per heavy atom. The summed E-state index contributed by atoms with van der Waals surface area (Å²) in [6.45, 7) is 2.56. The molecule has 1 fully saturated rings. The molecule has 1 aliphatic carbocycles. The van der Waals surface area contributed by atoms with Crippen LogP contribution < -0.4 is 5.32 Å². The second-order valence-corrected chi connectivity index (χ2v) is 9.37. The van der Waals surface area contributed by atoms with Gasteiger partial charge in [-0.3, -0.25) is 4.79 Å². The van der Waals surface area contributed by atoms with Gasteiger partial charge in [-0.1, -0.05) is 55.5 Å². The quantitative estimate of drug-likeness (QED) is 0.653. The van der Waals surface area contributed by atoms with E-state index >= 15 is 0 Å².